The van der Waals surface area contributed by atoms with Crippen LogP contribution in [0.2, 0.25) is 0 Å². The molecule has 0 saturated heterocycles. The fourth-order valence-corrected chi connectivity index (χ4v) is 7.13. The molecule has 1 saturated carbocycles. The number of phosphoric ester groups is 1. The molecular weight excluding hydrogens is 711 g/mol. The van der Waals surface area contributed by atoms with Crippen LogP contribution in [0.15, 0.2) is 24.3 Å². The van der Waals surface area contributed by atoms with Gasteiger partial charge in [0.15, 0.2) is 6.10 Å². The number of aliphatic hydroxyl groups is 2. The average Bonchev–Trinajstić information content (AvgIpc) is 3.38. The number of allylic oxidation sites excluding steroid dienone is 2. The zero-order valence-corrected chi connectivity index (χ0v) is 34.6. The van der Waals surface area contributed by atoms with Crippen LogP contribution in [0.4, 0.5) is 0 Å². The van der Waals surface area contributed by atoms with Crippen LogP contribution in [0.1, 0.15) is 175 Å². The lowest BCUT2D eigenvalue weighted by molar-refractivity contribution is -0.161. The Kier molecular flexibility index (Phi) is 29.0. The number of ketones is 1. The van der Waals surface area contributed by atoms with Crippen LogP contribution >= 0.6 is 7.82 Å². The van der Waals surface area contributed by atoms with Gasteiger partial charge in [-0.1, -0.05) is 148 Å². The molecule has 0 spiro atoms. The van der Waals surface area contributed by atoms with E-state index in [4.69, 9.17) is 19.3 Å². The second kappa shape index (κ2) is 31.2. The molecule has 0 amide bonds. The highest BCUT2D eigenvalue weighted by atomic mass is 31.2. The van der Waals surface area contributed by atoms with E-state index < -0.39 is 44.7 Å². The van der Waals surface area contributed by atoms with Gasteiger partial charge >= 0.3 is 19.8 Å². The molecule has 1 aliphatic carbocycles. The number of carbonyl (C=O) groups is 3. The van der Waals surface area contributed by atoms with E-state index in [1.54, 1.807) is 12.2 Å². The van der Waals surface area contributed by atoms with Gasteiger partial charge in [-0.25, -0.2) is 4.57 Å². The number of esters is 2. The van der Waals surface area contributed by atoms with Gasteiger partial charge in [-0.2, -0.15) is 0 Å². The van der Waals surface area contributed by atoms with Gasteiger partial charge in [0.1, 0.15) is 12.4 Å². The summed E-state index contributed by atoms with van der Waals surface area (Å²) in [6, 6.07) is 0. The molecule has 0 bridgehead atoms. The van der Waals surface area contributed by atoms with Crippen LogP contribution in [0.5, 0.6) is 0 Å². The molecule has 5 atom stereocenters. The summed E-state index contributed by atoms with van der Waals surface area (Å²) in [6.45, 7) is 5.69. The van der Waals surface area contributed by atoms with Crippen LogP contribution in [-0.2, 0) is 32.9 Å². The zero-order valence-electron chi connectivity index (χ0n) is 33.8. The molecule has 54 heavy (non-hydrogen) atoms. The van der Waals surface area contributed by atoms with E-state index in [9.17, 15) is 29.2 Å². The third kappa shape index (κ3) is 27.7. The maximum absolute atomic E-state index is 12.5. The Bertz CT molecular complexity index is 1100. The third-order valence-corrected chi connectivity index (χ3v) is 10.5. The van der Waals surface area contributed by atoms with Gasteiger partial charge in [0, 0.05) is 31.1 Å². The summed E-state index contributed by atoms with van der Waals surface area (Å²) in [6.07, 6.45) is 27.0. The molecule has 0 aliphatic heterocycles. The molecule has 0 aromatic carbocycles. The monoisotopic (exact) mass is 787 g/mol. The minimum absolute atomic E-state index is 0.0141. The van der Waals surface area contributed by atoms with Gasteiger partial charge in [-0.15, -0.1) is 0 Å². The van der Waals surface area contributed by atoms with Gasteiger partial charge in [0.25, 0.3) is 0 Å². The molecule has 1 fully saturated rings. The summed E-state index contributed by atoms with van der Waals surface area (Å²) in [5.74, 6) is -1.01. The zero-order chi connectivity index (χ0) is 40.0. The van der Waals surface area contributed by atoms with Crippen LogP contribution in [-0.4, -0.2) is 69.2 Å². The van der Waals surface area contributed by atoms with Crippen LogP contribution in [0.3, 0.4) is 0 Å². The number of Topliss-reactive ketones (excluding diaryl/α,β-unsaturated/α-hetero) is 1. The summed E-state index contributed by atoms with van der Waals surface area (Å²) in [4.78, 5) is 55.5. The van der Waals surface area contributed by atoms with E-state index in [1.807, 2.05) is 12.2 Å². The fourth-order valence-electron chi connectivity index (χ4n) is 6.77. The van der Waals surface area contributed by atoms with Crippen molar-refractivity contribution in [3.8, 4) is 0 Å². The smallest absolute Gasteiger partial charge is 0.462 e. The number of rotatable bonds is 34. The molecule has 1 rings (SSSR count). The number of aliphatic hydroxyl groups excluding tert-OH is 2. The van der Waals surface area contributed by atoms with Crippen molar-refractivity contribution in [3.63, 3.8) is 0 Å². The van der Waals surface area contributed by atoms with Crippen molar-refractivity contribution in [3.05, 3.63) is 24.3 Å². The van der Waals surface area contributed by atoms with Gasteiger partial charge in [0.05, 0.1) is 18.8 Å². The minimum atomic E-state index is -4.83. The molecular formula is C42H75O11P. The first-order valence-electron chi connectivity index (χ1n) is 21.1. The lowest BCUT2D eigenvalue weighted by Crippen LogP contribution is -2.29. The summed E-state index contributed by atoms with van der Waals surface area (Å²) in [5, 5.41) is 20.6. The van der Waals surface area contributed by atoms with Crippen LogP contribution in [0, 0.1) is 17.8 Å². The molecule has 0 aromatic heterocycles. The van der Waals surface area contributed by atoms with Gasteiger partial charge in [-0.05, 0) is 38.0 Å². The summed E-state index contributed by atoms with van der Waals surface area (Å²) in [7, 11) is -4.83. The normalized spacial score (nSPS) is 19.0. The Morgan fingerprint density at radius 2 is 1.37 bits per heavy atom. The van der Waals surface area contributed by atoms with Crippen molar-refractivity contribution in [2.24, 2.45) is 17.8 Å². The van der Waals surface area contributed by atoms with Crippen molar-refractivity contribution in [1.82, 2.24) is 0 Å². The second-order valence-corrected chi connectivity index (χ2v) is 16.8. The van der Waals surface area contributed by atoms with E-state index in [0.717, 1.165) is 44.4 Å². The molecule has 0 heterocycles. The number of phosphoric acid groups is 1. The lowest BCUT2D eigenvalue weighted by atomic mass is 9.90. The summed E-state index contributed by atoms with van der Waals surface area (Å²) < 4.78 is 26.3. The topological polar surface area (TPSA) is 177 Å². The van der Waals surface area contributed by atoms with Gasteiger partial charge in [0.2, 0.25) is 0 Å². The van der Waals surface area contributed by atoms with Gasteiger partial charge < -0.3 is 29.5 Å². The highest BCUT2D eigenvalue weighted by Gasteiger charge is 2.39. The first kappa shape index (κ1) is 50.1. The molecule has 0 radical (unpaired) electrons. The molecule has 0 aromatic rings. The Labute approximate surface area is 326 Å². The van der Waals surface area contributed by atoms with E-state index in [2.05, 4.69) is 25.3 Å². The first-order valence-corrected chi connectivity index (χ1v) is 22.6. The SMILES string of the molecule is CCCCC[C@H](O)/C=C/[C@H]1[C@H](O)CC(=O)[C@@H]1C/C=C\CCCC(=O)O[C@H](COC(=O)CCCCCCCCCCCCCCCC(C)C)COP(=O)(O)O. The van der Waals surface area contributed by atoms with E-state index >= 15 is 0 Å². The number of hydrogen-bond donors (Lipinski definition) is 4. The minimum Gasteiger partial charge on any atom is -0.462 e. The Hall–Kier alpha value is -1.88. The van der Waals surface area contributed by atoms with E-state index in [1.165, 1.54) is 64.2 Å². The summed E-state index contributed by atoms with van der Waals surface area (Å²) in [5.41, 5.74) is 0. The molecule has 12 heteroatoms. The Morgan fingerprint density at radius 1 is 0.796 bits per heavy atom. The Morgan fingerprint density at radius 3 is 1.96 bits per heavy atom. The maximum Gasteiger partial charge on any atom is 0.469 e. The molecule has 0 unspecified atom stereocenters. The predicted molar refractivity (Wildman–Crippen MR) is 212 cm³/mol. The number of unbranched alkanes of at least 4 members (excludes halogenated alkanes) is 15. The number of hydrogen-bond acceptors (Lipinski definition) is 9. The van der Waals surface area contributed by atoms with Crippen molar-refractivity contribution in [2.75, 3.05) is 13.2 Å². The highest BCUT2D eigenvalue weighted by Crippen LogP contribution is 2.36. The number of carbonyl (C=O) groups excluding carboxylic acids is 3. The maximum atomic E-state index is 12.5. The van der Waals surface area contributed by atoms with Crippen molar-refractivity contribution < 1.29 is 52.9 Å². The molecule has 11 nitrogen and oxygen atoms in total. The third-order valence-electron chi connectivity index (χ3n) is 10.0. The fraction of sp³-hybridized carbons (Fsp3) is 0.833. The predicted octanol–water partition coefficient (Wildman–Crippen LogP) is 9.24. The van der Waals surface area contributed by atoms with Crippen LogP contribution in [0.25, 0.3) is 0 Å². The molecule has 314 valence electrons. The first-order chi connectivity index (χ1) is 25.8. The van der Waals surface area contributed by atoms with Crippen molar-refractivity contribution in [1.29, 1.82) is 0 Å². The lowest BCUT2D eigenvalue weighted by Gasteiger charge is -2.18. The quantitative estimate of drug-likeness (QED) is 0.0212. The molecule has 1 aliphatic rings. The largest absolute Gasteiger partial charge is 0.469 e. The van der Waals surface area contributed by atoms with Crippen LogP contribution < -0.4 is 0 Å². The van der Waals surface area contributed by atoms with Crippen molar-refractivity contribution >= 4 is 25.5 Å². The standard InChI is InChI=1S/C42H75O11P/c1-4-5-19-25-35(43)29-30-38-37(39(44)31-40(38)45)26-21-17-18-23-28-42(47)53-36(33-52-54(48,49)50)32-51-41(46)27-22-16-14-12-10-8-6-7-9-11-13-15-20-24-34(2)3/h17,21,29-30,34-38,40,43,45H,4-16,18-20,22-28,31-33H2,1-3H3,(H2,48,49,50)/b21-17-,30-29+/t35-,36+,37+,38+,40+/m0/s1. The van der Waals surface area contributed by atoms with E-state index in [-0.39, 0.29) is 43.5 Å². The average molecular weight is 787 g/mol. The summed E-state index contributed by atoms with van der Waals surface area (Å²) >= 11 is 0. The highest BCUT2D eigenvalue weighted by molar-refractivity contribution is 7.46. The second-order valence-electron chi connectivity index (χ2n) is 15.6. The van der Waals surface area contributed by atoms with E-state index in [0.29, 0.717) is 32.1 Å². The molecule has 4 N–H and O–H groups in total. The van der Waals surface area contributed by atoms with Crippen molar-refractivity contribution in [2.45, 2.75) is 193 Å². The Balaban J connectivity index is 2.29. The number of ether oxygens (including phenoxy) is 2. The van der Waals surface area contributed by atoms with Gasteiger partial charge in [-0.3, -0.25) is 18.9 Å².